The molecule has 0 aliphatic carbocycles. The molecule has 0 N–H and O–H groups in total. The fourth-order valence-electron chi connectivity index (χ4n) is 0.747. The summed E-state index contributed by atoms with van der Waals surface area (Å²) in [5, 5.41) is 8.09. The number of ether oxygens (including phenoxy) is 1. The van der Waals surface area contributed by atoms with E-state index in [9.17, 15) is 4.79 Å². The Morgan fingerprint density at radius 1 is 1.43 bits per heavy atom. The lowest BCUT2D eigenvalue weighted by Crippen LogP contribution is -2.03. The smallest absolute Gasteiger partial charge is 0.329 e. The molecule has 1 aromatic carbocycles. The predicted octanol–water partition coefficient (Wildman–Crippen LogP) is 2.60. The first kappa shape index (κ1) is 10.7. The van der Waals surface area contributed by atoms with Crippen LogP contribution in [0.1, 0.15) is 0 Å². The summed E-state index contributed by atoms with van der Waals surface area (Å²) in [4.78, 5) is 10.7. The van der Waals surface area contributed by atoms with Gasteiger partial charge in [-0.15, -0.1) is 0 Å². The van der Waals surface area contributed by atoms with Crippen LogP contribution in [-0.4, -0.2) is 19.6 Å². The third-order valence-corrected chi connectivity index (χ3v) is 1.69. The summed E-state index contributed by atoms with van der Waals surface area (Å²) in [6.07, 6.45) is 0. The lowest BCUT2D eigenvalue weighted by molar-refractivity contribution is -0.138. The van der Waals surface area contributed by atoms with Crippen molar-refractivity contribution in [1.82, 2.24) is 0 Å². The van der Waals surface area contributed by atoms with Crippen molar-refractivity contribution in [2.75, 3.05) is 13.7 Å². The topological polar surface area (TPSA) is 51.0 Å². The molecule has 74 valence electrons. The molecule has 4 nitrogen and oxygen atoms in total. The van der Waals surface area contributed by atoms with E-state index in [4.69, 9.17) is 11.6 Å². The standard InChI is InChI=1S/C9H9ClN2O2/c1-14-9(13)6-11-12-8-4-2-7(10)3-5-8/h2-5H,6H2,1H3. The summed E-state index contributed by atoms with van der Waals surface area (Å²) < 4.78 is 4.39. The highest BCUT2D eigenvalue weighted by molar-refractivity contribution is 6.30. The van der Waals surface area contributed by atoms with Gasteiger partial charge in [0.05, 0.1) is 12.8 Å². The van der Waals surface area contributed by atoms with Gasteiger partial charge in [0.15, 0.2) is 6.54 Å². The molecular weight excluding hydrogens is 204 g/mol. The maximum absolute atomic E-state index is 10.7. The number of benzene rings is 1. The summed E-state index contributed by atoms with van der Waals surface area (Å²) in [7, 11) is 1.31. The van der Waals surface area contributed by atoms with Gasteiger partial charge in [0.2, 0.25) is 0 Å². The molecular formula is C9H9ClN2O2. The Hall–Kier alpha value is -1.42. The van der Waals surface area contributed by atoms with E-state index in [1.807, 2.05) is 0 Å². The van der Waals surface area contributed by atoms with Gasteiger partial charge in [0, 0.05) is 5.02 Å². The normalized spacial score (nSPS) is 10.4. The number of hydrogen-bond acceptors (Lipinski definition) is 4. The average molecular weight is 213 g/mol. The molecule has 0 bridgehead atoms. The van der Waals surface area contributed by atoms with E-state index in [1.165, 1.54) is 7.11 Å². The van der Waals surface area contributed by atoms with E-state index in [0.717, 1.165) is 0 Å². The molecule has 0 saturated heterocycles. The van der Waals surface area contributed by atoms with Crippen LogP contribution in [0.4, 0.5) is 5.69 Å². The second-order valence-corrected chi connectivity index (χ2v) is 2.89. The lowest BCUT2D eigenvalue weighted by Gasteiger charge is -1.93. The molecule has 1 aromatic rings. The summed E-state index contributed by atoms with van der Waals surface area (Å²) in [5.74, 6) is -0.414. The van der Waals surface area contributed by atoms with E-state index >= 15 is 0 Å². The first-order chi connectivity index (χ1) is 6.72. The Morgan fingerprint density at radius 2 is 2.07 bits per heavy atom. The van der Waals surface area contributed by atoms with Crippen molar-refractivity contribution < 1.29 is 9.53 Å². The van der Waals surface area contributed by atoms with Gasteiger partial charge in [0.1, 0.15) is 0 Å². The fourth-order valence-corrected chi connectivity index (χ4v) is 0.873. The van der Waals surface area contributed by atoms with E-state index < -0.39 is 5.97 Å². The van der Waals surface area contributed by atoms with Crippen LogP contribution in [0, 0.1) is 0 Å². The van der Waals surface area contributed by atoms with E-state index in [2.05, 4.69) is 15.0 Å². The van der Waals surface area contributed by atoms with Gasteiger partial charge in [-0.25, -0.2) is 4.79 Å². The number of nitrogens with zero attached hydrogens (tertiary/aromatic N) is 2. The van der Waals surface area contributed by atoms with Gasteiger partial charge in [-0.2, -0.15) is 10.2 Å². The minimum absolute atomic E-state index is 0.0703. The Morgan fingerprint density at radius 3 is 2.64 bits per heavy atom. The van der Waals surface area contributed by atoms with Gasteiger partial charge >= 0.3 is 5.97 Å². The molecule has 0 saturated carbocycles. The van der Waals surface area contributed by atoms with Crippen molar-refractivity contribution >= 4 is 23.3 Å². The molecule has 14 heavy (non-hydrogen) atoms. The van der Waals surface area contributed by atoms with Crippen LogP contribution in [0.25, 0.3) is 0 Å². The Kier molecular flexibility index (Phi) is 4.07. The third kappa shape index (κ3) is 3.53. The van der Waals surface area contributed by atoms with Gasteiger partial charge in [0.25, 0.3) is 0 Å². The number of carbonyl (C=O) groups excluding carboxylic acids is 1. The molecule has 0 heterocycles. The van der Waals surface area contributed by atoms with Crippen molar-refractivity contribution in [1.29, 1.82) is 0 Å². The molecule has 0 amide bonds. The second-order valence-electron chi connectivity index (χ2n) is 2.45. The van der Waals surface area contributed by atoms with Crippen LogP contribution >= 0.6 is 11.6 Å². The van der Waals surface area contributed by atoms with Crippen molar-refractivity contribution in [3.63, 3.8) is 0 Å². The number of halogens is 1. The molecule has 0 fully saturated rings. The zero-order valence-corrected chi connectivity index (χ0v) is 8.36. The average Bonchev–Trinajstić information content (AvgIpc) is 2.21. The monoisotopic (exact) mass is 212 g/mol. The highest BCUT2D eigenvalue weighted by Gasteiger charge is 1.95. The molecule has 0 aliphatic heterocycles. The number of hydrogen-bond donors (Lipinski definition) is 0. The second kappa shape index (κ2) is 5.34. The highest BCUT2D eigenvalue weighted by Crippen LogP contribution is 2.16. The summed E-state index contributed by atoms with van der Waals surface area (Å²) in [6, 6.07) is 6.83. The third-order valence-electron chi connectivity index (χ3n) is 1.44. The summed E-state index contributed by atoms with van der Waals surface area (Å²) in [5.41, 5.74) is 0.651. The largest absolute Gasteiger partial charge is 0.468 e. The molecule has 0 aromatic heterocycles. The number of methoxy groups -OCH3 is 1. The van der Waals surface area contributed by atoms with E-state index in [-0.39, 0.29) is 6.54 Å². The maximum Gasteiger partial charge on any atom is 0.329 e. The lowest BCUT2D eigenvalue weighted by atomic mass is 10.3. The van der Waals surface area contributed by atoms with Crippen molar-refractivity contribution in [3.05, 3.63) is 29.3 Å². The predicted molar refractivity (Wildman–Crippen MR) is 52.9 cm³/mol. The van der Waals surface area contributed by atoms with Crippen LogP contribution in [0.5, 0.6) is 0 Å². The zero-order chi connectivity index (χ0) is 10.4. The van der Waals surface area contributed by atoms with Gasteiger partial charge < -0.3 is 4.74 Å². The van der Waals surface area contributed by atoms with Gasteiger partial charge in [-0.1, -0.05) is 11.6 Å². The summed E-state index contributed by atoms with van der Waals surface area (Å²) >= 11 is 5.67. The molecule has 0 unspecified atom stereocenters. The molecule has 0 aliphatic rings. The zero-order valence-electron chi connectivity index (χ0n) is 7.61. The Bertz CT molecular complexity index is 335. The van der Waals surface area contributed by atoms with Gasteiger partial charge in [-0.05, 0) is 24.3 Å². The number of azo groups is 1. The molecule has 1 rings (SSSR count). The Balaban J connectivity index is 2.52. The van der Waals surface area contributed by atoms with Gasteiger partial charge in [-0.3, -0.25) is 0 Å². The van der Waals surface area contributed by atoms with E-state index in [0.29, 0.717) is 10.7 Å². The maximum atomic E-state index is 10.7. The Labute approximate surface area is 86.6 Å². The van der Waals surface area contributed by atoms with Crippen molar-refractivity contribution in [2.24, 2.45) is 10.2 Å². The molecule has 0 radical (unpaired) electrons. The van der Waals surface area contributed by atoms with Crippen LogP contribution < -0.4 is 0 Å². The van der Waals surface area contributed by atoms with Crippen molar-refractivity contribution in [2.45, 2.75) is 0 Å². The van der Waals surface area contributed by atoms with Crippen LogP contribution in [-0.2, 0) is 9.53 Å². The fraction of sp³-hybridized carbons (Fsp3) is 0.222. The minimum atomic E-state index is -0.414. The number of rotatable bonds is 3. The highest BCUT2D eigenvalue weighted by atomic mass is 35.5. The SMILES string of the molecule is COC(=O)CN=Nc1ccc(Cl)cc1. The molecule has 0 atom stereocenters. The molecule has 0 spiro atoms. The molecule has 5 heteroatoms. The van der Waals surface area contributed by atoms with E-state index in [1.54, 1.807) is 24.3 Å². The van der Waals surface area contributed by atoms with Crippen LogP contribution in [0.2, 0.25) is 5.02 Å². The first-order valence-corrected chi connectivity index (χ1v) is 4.30. The minimum Gasteiger partial charge on any atom is -0.468 e. The van der Waals surface area contributed by atoms with Crippen LogP contribution in [0.15, 0.2) is 34.5 Å². The summed E-state index contributed by atoms with van der Waals surface area (Å²) in [6.45, 7) is -0.0703. The van der Waals surface area contributed by atoms with Crippen molar-refractivity contribution in [3.8, 4) is 0 Å². The van der Waals surface area contributed by atoms with Crippen LogP contribution in [0.3, 0.4) is 0 Å². The first-order valence-electron chi connectivity index (χ1n) is 3.92. The number of carbonyl (C=O) groups is 1. The number of esters is 1. The quantitative estimate of drug-likeness (QED) is 0.571.